The number of carbonyl (C=O) groups excluding carboxylic acids is 1. The van der Waals surface area contributed by atoms with Crippen LogP contribution in [0.2, 0.25) is 0 Å². The minimum Gasteiger partial charge on any atom is -0.298 e. The van der Waals surface area contributed by atoms with Crippen LogP contribution in [0, 0.1) is 5.92 Å². The molecule has 1 saturated heterocycles. The molecule has 0 aromatic heterocycles. The second-order valence-electron chi connectivity index (χ2n) is 4.33. The molecular weight excluding hydrogens is 226 g/mol. The van der Waals surface area contributed by atoms with Crippen LogP contribution in [0.25, 0.3) is 0 Å². The van der Waals surface area contributed by atoms with Crippen molar-refractivity contribution in [2.45, 2.75) is 36.9 Å². The highest BCUT2D eigenvalue weighted by Crippen LogP contribution is 2.51. The maximum Gasteiger partial charge on any atom is 0.252 e. The Morgan fingerprint density at radius 3 is 2.40 bits per heavy atom. The molecule has 2 fully saturated rings. The maximum atomic E-state index is 12.5. The summed E-state index contributed by atoms with van der Waals surface area (Å²) in [6, 6.07) is 0. The number of sulfone groups is 1. The lowest BCUT2D eigenvalue weighted by Gasteiger charge is -2.07. The summed E-state index contributed by atoms with van der Waals surface area (Å²) in [5.74, 6) is -4.15. The molecule has 0 radical (unpaired) electrons. The Hall–Kier alpha value is -0.520. The molecule has 3 nitrogen and oxygen atoms in total. The lowest BCUT2D eigenvalue weighted by atomic mass is 10.1. The van der Waals surface area contributed by atoms with E-state index >= 15 is 0 Å². The van der Waals surface area contributed by atoms with Crippen LogP contribution in [0.15, 0.2) is 0 Å². The summed E-state index contributed by atoms with van der Waals surface area (Å²) in [6.45, 7) is 0. The number of ketones is 1. The molecule has 2 atom stereocenters. The van der Waals surface area contributed by atoms with Gasteiger partial charge in [-0.25, -0.2) is 17.2 Å². The van der Waals surface area contributed by atoms with E-state index in [1.54, 1.807) is 0 Å². The molecule has 0 aromatic rings. The van der Waals surface area contributed by atoms with Gasteiger partial charge in [0.25, 0.3) is 5.92 Å². The highest BCUT2D eigenvalue weighted by Gasteiger charge is 2.58. The quantitative estimate of drug-likeness (QED) is 0.741. The summed E-state index contributed by atoms with van der Waals surface area (Å²) in [4.78, 5) is 11.5. The molecule has 15 heavy (non-hydrogen) atoms. The summed E-state index contributed by atoms with van der Waals surface area (Å²) in [6.07, 6.45) is 0.224. The number of rotatable bonds is 3. The van der Waals surface area contributed by atoms with Gasteiger partial charge in [0, 0.05) is 18.8 Å². The first-order chi connectivity index (χ1) is 6.83. The van der Waals surface area contributed by atoms with Crippen molar-refractivity contribution in [3.63, 3.8) is 0 Å². The predicted octanol–water partition coefficient (Wildman–Crippen LogP) is 1.18. The average Bonchev–Trinajstić information content (AvgIpc) is 2.54. The Bertz CT molecular complexity index is 388. The minimum atomic E-state index is -3.34. The van der Waals surface area contributed by atoms with Crippen LogP contribution in [-0.4, -0.2) is 31.1 Å². The van der Waals surface area contributed by atoms with Crippen LogP contribution in [0.4, 0.5) is 8.78 Å². The van der Waals surface area contributed by atoms with Crippen LogP contribution in [0.3, 0.4) is 0 Å². The number of carbonyl (C=O) groups is 1. The van der Waals surface area contributed by atoms with Gasteiger partial charge in [0.1, 0.15) is 5.25 Å². The number of halogens is 2. The molecular formula is C9H12F2O3S. The van der Waals surface area contributed by atoms with E-state index in [1.165, 1.54) is 0 Å². The third-order valence-corrected chi connectivity index (χ3v) is 5.31. The zero-order valence-electron chi connectivity index (χ0n) is 8.08. The predicted molar refractivity (Wildman–Crippen MR) is 49.5 cm³/mol. The Balaban J connectivity index is 1.98. The van der Waals surface area contributed by atoms with Gasteiger partial charge in [-0.15, -0.1) is 0 Å². The van der Waals surface area contributed by atoms with Gasteiger partial charge in [-0.2, -0.15) is 0 Å². The molecule has 0 spiro atoms. The van der Waals surface area contributed by atoms with Gasteiger partial charge in [-0.3, -0.25) is 4.79 Å². The van der Waals surface area contributed by atoms with Crippen LogP contribution in [0.1, 0.15) is 25.7 Å². The molecule has 2 aliphatic rings. The van der Waals surface area contributed by atoms with Gasteiger partial charge < -0.3 is 0 Å². The molecule has 0 amide bonds. The van der Waals surface area contributed by atoms with E-state index in [9.17, 15) is 22.0 Å². The molecule has 6 heteroatoms. The molecule has 1 aliphatic heterocycles. The molecule has 1 aliphatic carbocycles. The average molecular weight is 238 g/mol. The Morgan fingerprint density at radius 1 is 1.40 bits per heavy atom. The highest BCUT2D eigenvalue weighted by molar-refractivity contribution is 7.93. The monoisotopic (exact) mass is 238 g/mol. The molecule has 2 unspecified atom stereocenters. The van der Waals surface area contributed by atoms with E-state index in [4.69, 9.17) is 0 Å². The van der Waals surface area contributed by atoms with Crippen LogP contribution in [-0.2, 0) is 14.6 Å². The first-order valence-corrected chi connectivity index (χ1v) is 6.66. The Labute approximate surface area is 86.8 Å². The fourth-order valence-electron chi connectivity index (χ4n) is 2.02. The third kappa shape index (κ3) is 2.04. The third-order valence-electron chi connectivity index (χ3n) is 3.09. The Morgan fingerprint density at radius 2 is 2.00 bits per heavy atom. The number of hydrogen-bond acceptors (Lipinski definition) is 3. The zero-order chi connectivity index (χ0) is 11.3. The Kier molecular flexibility index (Phi) is 2.37. The SMILES string of the molecule is O=C(CC1CC1(F)F)C1CCCS1(=O)=O. The maximum absolute atomic E-state index is 12.5. The number of Topliss-reactive ketones (excluding diaryl/α,β-unsaturated/α-hetero) is 1. The van der Waals surface area contributed by atoms with Crippen molar-refractivity contribution in [2.75, 3.05) is 5.75 Å². The molecule has 0 bridgehead atoms. The van der Waals surface area contributed by atoms with Crippen molar-refractivity contribution in [2.24, 2.45) is 5.92 Å². The highest BCUT2D eigenvalue weighted by atomic mass is 32.2. The lowest BCUT2D eigenvalue weighted by molar-refractivity contribution is -0.119. The minimum absolute atomic E-state index is 0.0183. The largest absolute Gasteiger partial charge is 0.298 e. The van der Waals surface area contributed by atoms with Crippen LogP contribution < -0.4 is 0 Å². The second-order valence-corrected chi connectivity index (χ2v) is 6.63. The van der Waals surface area contributed by atoms with Gasteiger partial charge in [-0.05, 0) is 12.8 Å². The van der Waals surface area contributed by atoms with E-state index in [-0.39, 0.29) is 18.6 Å². The van der Waals surface area contributed by atoms with Gasteiger partial charge in [0.05, 0.1) is 5.75 Å². The summed E-state index contributed by atoms with van der Waals surface area (Å²) in [5.41, 5.74) is 0. The van der Waals surface area contributed by atoms with Crippen molar-refractivity contribution in [3.05, 3.63) is 0 Å². The van der Waals surface area contributed by atoms with E-state index in [0.29, 0.717) is 12.8 Å². The van der Waals surface area contributed by atoms with E-state index < -0.39 is 32.7 Å². The fraction of sp³-hybridized carbons (Fsp3) is 0.889. The van der Waals surface area contributed by atoms with Crippen LogP contribution >= 0.6 is 0 Å². The second kappa shape index (κ2) is 3.23. The molecule has 86 valence electrons. The summed E-state index contributed by atoms with van der Waals surface area (Å²) in [5, 5.41) is -1.01. The van der Waals surface area contributed by atoms with Crippen LogP contribution in [0.5, 0.6) is 0 Å². The number of hydrogen-bond donors (Lipinski definition) is 0. The molecule has 0 N–H and O–H groups in total. The first-order valence-electron chi connectivity index (χ1n) is 4.95. The summed E-state index contributed by atoms with van der Waals surface area (Å²) >= 11 is 0. The normalized spacial score (nSPS) is 36.4. The van der Waals surface area contributed by atoms with Gasteiger partial charge in [0.2, 0.25) is 0 Å². The van der Waals surface area contributed by atoms with E-state index in [2.05, 4.69) is 0 Å². The molecule has 1 heterocycles. The standard InChI is InChI=1S/C9H12F2O3S/c10-9(11)5-6(9)4-7(12)8-2-1-3-15(8,13)14/h6,8H,1-5H2. The number of alkyl halides is 2. The van der Waals surface area contributed by atoms with E-state index in [1.807, 2.05) is 0 Å². The topological polar surface area (TPSA) is 51.2 Å². The van der Waals surface area contributed by atoms with Gasteiger partial charge in [0.15, 0.2) is 15.6 Å². The van der Waals surface area contributed by atoms with Crippen molar-refractivity contribution in [1.82, 2.24) is 0 Å². The van der Waals surface area contributed by atoms with Crippen molar-refractivity contribution >= 4 is 15.6 Å². The van der Waals surface area contributed by atoms with Gasteiger partial charge in [-0.1, -0.05) is 0 Å². The van der Waals surface area contributed by atoms with Gasteiger partial charge >= 0.3 is 0 Å². The fourth-order valence-corrected chi connectivity index (χ4v) is 3.89. The molecule has 0 aromatic carbocycles. The molecule has 1 saturated carbocycles. The molecule has 2 rings (SSSR count). The summed E-state index contributed by atoms with van der Waals surface area (Å²) < 4.78 is 47.8. The lowest BCUT2D eigenvalue weighted by Crippen LogP contribution is -2.26. The van der Waals surface area contributed by atoms with E-state index in [0.717, 1.165) is 0 Å². The zero-order valence-corrected chi connectivity index (χ0v) is 8.90. The van der Waals surface area contributed by atoms with Crippen molar-refractivity contribution in [1.29, 1.82) is 0 Å². The smallest absolute Gasteiger partial charge is 0.252 e. The van der Waals surface area contributed by atoms with Crippen molar-refractivity contribution in [3.8, 4) is 0 Å². The summed E-state index contributed by atoms with van der Waals surface area (Å²) in [7, 11) is -3.34. The van der Waals surface area contributed by atoms with Crippen molar-refractivity contribution < 1.29 is 22.0 Å². The first kappa shape index (κ1) is 11.0.